The molecule has 4 bridgehead atoms. The van der Waals surface area contributed by atoms with Crippen molar-refractivity contribution in [2.75, 3.05) is 13.2 Å². The molecule has 0 aromatic heterocycles. The highest BCUT2D eigenvalue weighted by Crippen LogP contribution is 2.57. The fourth-order valence-electron chi connectivity index (χ4n) is 9.46. The standard InChI is InChI=1S/C40H50O6/c1-27(23-35(41)43-21-19-39-15-11-29(25-39)12-16-39)45-37-31-7-3-5-9-33(31)38(34-10-6-4-8-32(34)37)46-28(2)24-36(42)44-22-20-40-17-13-30(26-40)14-18-40/h3-10,27-30H,11-26H2,1-2H3. The van der Waals surface area contributed by atoms with Gasteiger partial charge in [-0.05, 0) is 114 Å². The molecule has 0 saturated heterocycles. The molecule has 6 nitrogen and oxygen atoms in total. The second-order valence-electron chi connectivity index (χ2n) is 15.3. The van der Waals surface area contributed by atoms with Crippen molar-refractivity contribution in [1.29, 1.82) is 0 Å². The molecule has 0 radical (unpaired) electrons. The lowest BCUT2D eigenvalue weighted by molar-refractivity contribution is -0.147. The van der Waals surface area contributed by atoms with Gasteiger partial charge < -0.3 is 18.9 Å². The molecule has 0 aliphatic heterocycles. The van der Waals surface area contributed by atoms with Crippen molar-refractivity contribution in [3.05, 3.63) is 48.5 Å². The summed E-state index contributed by atoms with van der Waals surface area (Å²) in [6, 6.07) is 16.1. The van der Waals surface area contributed by atoms with Crippen LogP contribution in [0, 0.1) is 22.7 Å². The Kier molecular flexibility index (Phi) is 8.91. The van der Waals surface area contributed by atoms with Crippen LogP contribution in [0.3, 0.4) is 0 Å². The van der Waals surface area contributed by atoms with Crippen LogP contribution >= 0.6 is 0 Å². The Morgan fingerprint density at radius 2 is 0.978 bits per heavy atom. The summed E-state index contributed by atoms with van der Waals surface area (Å²) in [7, 11) is 0. The highest BCUT2D eigenvalue weighted by Gasteiger charge is 2.45. The minimum absolute atomic E-state index is 0.192. The van der Waals surface area contributed by atoms with E-state index in [1.54, 1.807) is 0 Å². The monoisotopic (exact) mass is 626 g/mol. The van der Waals surface area contributed by atoms with Crippen LogP contribution in [0.25, 0.3) is 21.5 Å². The van der Waals surface area contributed by atoms with Crippen molar-refractivity contribution in [3.63, 3.8) is 0 Å². The summed E-state index contributed by atoms with van der Waals surface area (Å²) in [5.41, 5.74) is 0.835. The second-order valence-corrected chi connectivity index (χ2v) is 15.3. The molecule has 0 amide bonds. The minimum Gasteiger partial charge on any atom is -0.489 e. The lowest BCUT2D eigenvalue weighted by Gasteiger charge is -2.26. The molecule has 4 aliphatic rings. The molecule has 7 rings (SSSR count). The van der Waals surface area contributed by atoms with Crippen LogP contribution in [0.2, 0.25) is 0 Å². The lowest BCUT2D eigenvalue weighted by Crippen LogP contribution is -2.22. The molecule has 6 heteroatoms. The minimum atomic E-state index is -0.362. The van der Waals surface area contributed by atoms with E-state index >= 15 is 0 Å². The number of esters is 2. The molecular weight excluding hydrogens is 576 g/mol. The summed E-state index contributed by atoms with van der Waals surface area (Å²) in [6.07, 6.45) is 14.8. The Labute approximate surface area is 273 Å². The Morgan fingerprint density at radius 3 is 1.28 bits per heavy atom. The van der Waals surface area contributed by atoms with Gasteiger partial charge in [0, 0.05) is 21.5 Å². The van der Waals surface area contributed by atoms with Gasteiger partial charge in [-0.15, -0.1) is 0 Å². The molecule has 0 N–H and O–H groups in total. The van der Waals surface area contributed by atoms with E-state index in [1.165, 1.54) is 64.2 Å². The molecule has 0 heterocycles. The SMILES string of the molecule is CC(CC(=O)OCCC12CCC(CC1)C2)Oc1c2ccccc2c(OC(C)CC(=O)OCCC23CCC(CC2)C3)c2ccccc12. The third-order valence-electron chi connectivity index (χ3n) is 11.9. The van der Waals surface area contributed by atoms with Gasteiger partial charge in [0.1, 0.15) is 23.7 Å². The lowest BCUT2D eigenvalue weighted by atomic mass is 9.81. The predicted molar refractivity (Wildman–Crippen MR) is 180 cm³/mol. The normalized spacial score (nSPS) is 27.6. The average Bonchev–Trinajstić information content (AvgIpc) is 3.85. The third-order valence-corrected chi connectivity index (χ3v) is 11.9. The highest BCUT2D eigenvalue weighted by molar-refractivity contribution is 6.11. The van der Waals surface area contributed by atoms with Gasteiger partial charge in [0.2, 0.25) is 0 Å². The Morgan fingerprint density at radius 1 is 0.630 bits per heavy atom. The molecule has 4 aliphatic carbocycles. The van der Waals surface area contributed by atoms with Gasteiger partial charge in [0.15, 0.2) is 0 Å². The number of carbonyl (C=O) groups is 2. The zero-order valence-corrected chi connectivity index (χ0v) is 27.7. The maximum atomic E-state index is 12.8. The molecule has 0 spiro atoms. The fourth-order valence-corrected chi connectivity index (χ4v) is 9.46. The molecule has 4 fully saturated rings. The molecule has 3 aromatic carbocycles. The summed E-state index contributed by atoms with van der Waals surface area (Å²) in [4.78, 5) is 25.6. The largest absolute Gasteiger partial charge is 0.489 e. The molecule has 2 atom stereocenters. The highest BCUT2D eigenvalue weighted by atomic mass is 16.5. The first kappa shape index (κ1) is 31.3. The summed E-state index contributed by atoms with van der Waals surface area (Å²) in [5, 5.41) is 3.64. The zero-order chi connectivity index (χ0) is 31.7. The topological polar surface area (TPSA) is 71.1 Å². The summed E-state index contributed by atoms with van der Waals surface area (Å²) in [5.74, 6) is 2.84. The van der Waals surface area contributed by atoms with Crippen molar-refractivity contribution >= 4 is 33.5 Å². The number of ether oxygens (including phenoxy) is 4. The first-order chi connectivity index (χ1) is 22.3. The van der Waals surface area contributed by atoms with E-state index < -0.39 is 0 Å². The van der Waals surface area contributed by atoms with Crippen LogP contribution in [-0.4, -0.2) is 37.4 Å². The number of fused-ring (bicyclic) bond motifs is 6. The Hall–Kier alpha value is -3.28. The van der Waals surface area contributed by atoms with Crippen molar-refractivity contribution in [2.45, 2.75) is 116 Å². The smallest absolute Gasteiger partial charge is 0.309 e. The van der Waals surface area contributed by atoms with E-state index in [1.807, 2.05) is 62.4 Å². The van der Waals surface area contributed by atoms with Crippen LogP contribution in [0.1, 0.15) is 104 Å². The number of hydrogen-bond acceptors (Lipinski definition) is 6. The van der Waals surface area contributed by atoms with Gasteiger partial charge in [-0.2, -0.15) is 0 Å². The maximum Gasteiger partial charge on any atom is 0.309 e. The van der Waals surface area contributed by atoms with Gasteiger partial charge >= 0.3 is 11.9 Å². The molecule has 246 valence electrons. The van der Waals surface area contributed by atoms with Gasteiger partial charge in [0.25, 0.3) is 0 Å². The third kappa shape index (κ3) is 6.59. The van der Waals surface area contributed by atoms with Gasteiger partial charge in [-0.1, -0.05) is 48.5 Å². The van der Waals surface area contributed by atoms with E-state index in [9.17, 15) is 9.59 Å². The Balaban J connectivity index is 0.992. The second kappa shape index (κ2) is 13.1. The zero-order valence-electron chi connectivity index (χ0n) is 27.7. The summed E-state index contributed by atoms with van der Waals surface area (Å²) >= 11 is 0. The number of hydrogen-bond donors (Lipinski definition) is 0. The first-order valence-electron chi connectivity index (χ1n) is 17.9. The van der Waals surface area contributed by atoms with Gasteiger partial charge in [0.05, 0.1) is 26.1 Å². The first-order valence-corrected chi connectivity index (χ1v) is 17.9. The predicted octanol–water partition coefficient (Wildman–Crippen LogP) is 9.34. The van der Waals surface area contributed by atoms with E-state index in [4.69, 9.17) is 18.9 Å². The van der Waals surface area contributed by atoms with Crippen molar-refractivity contribution < 1.29 is 28.5 Å². The quantitative estimate of drug-likeness (QED) is 0.131. The molecule has 3 aromatic rings. The summed E-state index contributed by atoms with van der Waals surface area (Å²) in [6.45, 7) is 4.86. The van der Waals surface area contributed by atoms with E-state index in [2.05, 4.69) is 0 Å². The average molecular weight is 627 g/mol. The fraction of sp³-hybridized carbons (Fsp3) is 0.600. The van der Waals surface area contributed by atoms with Gasteiger partial charge in [-0.3, -0.25) is 9.59 Å². The van der Waals surface area contributed by atoms with E-state index in [0.29, 0.717) is 24.0 Å². The Bertz CT molecular complexity index is 1390. The van der Waals surface area contributed by atoms with Gasteiger partial charge in [-0.25, -0.2) is 0 Å². The number of carbonyl (C=O) groups excluding carboxylic acids is 2. The van der Waals surface area contributed by atoms with Crippen LogP contribution in [0.5, 0.6) is 11.5 Å². The van der Waals surface area contributed by atoms with Crippen molar-refractivity contribution in [3.8, 4) is 11.5 Å². The molecule has 46 heavy (non-hydrogen) atoms. The summed E-state index contributed by atoms with van der Waals surface area (Å²) < 4.78 is 24.5. The number of benzene rings is 3. The van der Waals surface area contributed by atoms with E-state index in [-0.39, 0.29) is 37.0 Å². The number of rotatable bonds is 14. The van der Waals surface area contributed by atoms with Crippen molar-refractivity contribution in [1.82, 2.24) is 0 Å². The van der Waals surface area contributed by atoms with Crippen LogP contribution in [0.15, 0.2) is 48.5 Å². The van der Waals surface area contributed by atoms with Crippen LogP contribution < -0.4 is 9.47 Å². The van der Waals surface area contributed by atoms with Crippen LogP contribution in [-0.2, 0) is 19.1 Å². The molecule has 4 saturated carbocycles. The maximum absolute atomic E-state index is 12.8. The van der Waals surface area contributed by atoms with Crippen molar-refractivity contribution in [2.24, 2.45) is 22.7 Å². The molecule has 2 unspecified atom stereocenters. The van der Waals surface area contributed by atoms with Crippen LogP contribution in [0.4, 0.5) is 0 Å². The molecular formula is C40H50O6. The van der Waals surface area contributed by atoms with E-state index in [0.717, 1.165) is 57.7 Å².